The summed E-state index contributed by atoms with van der Waals surface area (Å²) in [5.41, 5.74) is 0.980. The Balaban J connectivity index is 1.83. The van der Waals surface area contributed by atoms with E-state index in [9.17, 15) is 8.42 Å². The fourth-order valence-electron chi connectivity index (χ4n) is 2.34. The molecule has 0 spiro atoms. The van der Waals surface area contributed by atoms with Gasteiger partial charge in [0.2, 0.25) is 21.7 Å². The van der Waals surface area contributed by atoms with Gasteiger partial charge in [-0.25, -0.2) is 8.42 Å². The summed E-state index contributed by atoms with van der Waals surface area (Å²) in [6, 6.07) is 6.98. The van der Waals surface area contributed by atoms with Crippen molar-refractivity contribution in [1.29, 1.82) is 0 Å². The molecule has 2 heterocycles. The number of hydrogen-bond acceptors (Lipinski definition) is 7. The highest BCUT2D eigenvalue weighted by atomic mass is 35.5. The molecule has 0 atom stereocenters. The first-order chi connectivity index (χ1) is 11.8. The van der Waals surface area contributed by atoms with Crippen LogP contribution in [0, 0.1) is 13.8 Å². The monoisotopic (exact) mass is 382 g/mol. The van der Waals surface area contributed by atoms with Crippen LogP contribution in [0.3, 0.4) is 0 Å². The summed E-state index contributed by atoms with van der Waals surface area (Å²) >= 11 is 5.94. The number of halogens is 1. The molecule has 0 unspecified atom stereocenters. The van der Waals surface area contributed by atoms with Crippen LogP contribution in [0.2, 0.25) is 5.02 Å². The Bertz CT molecular complexity index is 993. The van der Waals surface area contributed by atoms with Crippen molar-refractivity contribution in [3.63, 3.8) is 0 Å². The van der Waals surface area contributed by atoms with Crippen molar-refractivity contribution in [1.82, 2.24) is 19.6 Å². The molecule has 0 radical (unpaired) electrons. The van der Waals surface area contributed by atoms with Gasteiger partial charge in [-0.2, -0.15) is 9.29 Å². The number of sulfonamides is 1. The van der Waals surface area contributed by atoms with Crippen molar-refractivity contribution in [2.45, 2.75) is 25.3 Å². The zero-order valence-electron chi connectivity index (χ0n) is 13.7. The SMILES string of the molecule is Cc1noc(C)c1S(=O)(=O)N(C)Cc1nc(-c2cccc(Cl)c2)no1. The van der Waals surface area contributed by atoms with E-state index in [4.69, 9.17) is 20.6 Å². The first-order valence-electron chi connectivity index (χ1n) is 7.27. The first kappa shape index (κ1) is 17.6. The van der Waals surface area contributed by atoms with Crippen molar-refractivity contribution in [2.24, 2.45) is 0 Å². The van der Waals surface area contributed by atoms with Gasteiger partial charge >= 0.3 is 0 Å². The second-order valence-electron chi connectivity index (χ2n) is 5.44. The molecule has 8 nitrogen and oxygen atoms in total. The first-order valence-corrected chi connectivity index (χ1v) is 9.08. The average molecular weight is 383 g/mol. The van der Waals surface area contributed by atoms with Crippen LogP contribution in [-0.2, 0) is 16.6 Å². The lowest BCUT2D eigenvalue weighted by atomic mass is 10.2. The van der Waals surface area contributed by atoms with Gasteiger partial charge in [-0.3, -0.25) is 0 Å². The fraction of sp³-hybridized carbons (Fsp3) is 0.267. The molecule has 0 saturated carbocycles. The van der Waals surface area contributed by atoms with Gasteiger partial charge in [0, 0.05) is 17.6 Å². The quantitative estimate of drug-likeness (QED) is 0.668. The highest BCUT2D eigenvalue weighted by molar-refractivity contribution is 7.89. The van der Waals surface area contributed by atoms with Crippen molar-refractivity contribution in [3.8, 4) is 11.4 Å². The van der Waals surface area contributed by atoms with Gasteiger partial charge in [-0.15, -0.1) is 0 Å². The van der Waals surface area contributed by atoms with Crippen molar-refractivity contribution in [3.05, 3.63) is 46.6 Å². The van der Waals surface area contributed by atoms with Crippen LogP contribution in [0.5, 0.6) is 0 Å². The lowest BCUT2D eigenvalue weighted by Gasteiger charge is -2.14. The minimum absolute atomic E-state index is 0.0459. The number of nitrogens with zero attached hydrogens (tertiary/aromatic N) is 4. The molecule has 0 aliphatic carbocycles. The summed E-state index contributed by atoms with van der Waals surface area (Å²) in [4.78, 5) is 4.27. The maximum Gasteiger partial charge on any atom is 0.248 e. The molecule has 2 aromatic heterocycles. The fourth-order valence-corrected chi connectivity index (χ4v) is 3.93. The average Bonchev–Trinajstić information content (AvgIpc) is 3.14. The molecule has 3 aromatic rings. The molecule has 0 aliphatic rings. The topological polar surface area (TPSA) is 102 Å². The normalized spacial score (nSPS) is 12.0. The molecule has 25 heavy (non-hydrogen) atoms. The molecule has 0 amide bonds. The van der Waals surface area contributed by atoms with Crippen molar-refractivity contribution < 1.29 is 17.5 Å². The zero-order valence-corrected chi connectivity index (χ0v) is 15.3. The minimum Gasteiger partial charge on any atom is -0.360 e. The lowest BCUT2D eigenvalue weighted by molar-refractivity contribution is 0.336. The van der Waals surface area contributed by atoms with E-state index in [-0.39, 0.29) is 23.1 Å². The van der Waals surface area contributed by atoms with E-state index in [1.54, 1.807) is 38.1 Å². The third-order valence-corrected chi connectivity index (χ3v) is 5.83. The van der Waals surface area contributed by atoms with E-state index in [0.29, 0.717) is 22.1 Å². The number of benzene rings is 1. The smallest absolute Gasteiger partial charge is 0.248 e. The zero-order chi connectivity index (χ0) is 18.2. The highest BCUT2D eigenvalue weighted by Crippen LogP contribution is 2.24. The van der Waals surface area contributed by atoms with E-state index in [1.165, 1.54) is 7.05 Å². The van der Waals surface area contributed by atoms with Crippen LogP contribution in [0.4, 0.5) is 0 Å². The Morgan fingerprint density at radius 1 is 1.20 bits per heavy atom. The summed E-state index contributed by atoms with van der Waals surface area (Å²) < 4.78 is 36.6. The predicted octanol–water partition coefficient (Wildman–Crippen LogP) is 2.82. The molecular weight excluding hydrogens is 368 g/mol. The van der Waals surface area contributed by atoms with Gasteiger partial charge in [0.05, 0.1) is 6.54 Å². The molecule has 0 bridgehead atoms. The molecule has 10 heteroatoms. The van der Waals surface area contributed by atoms with Gasteiger partial charge in [0.1, 0.15) is 10.6 Å². The maximum absolute atomic E-state index is 12.7. The van der Waals surface area contributed by atoms with E-state index in [2.05, 4.69) is 15.3 Å². The highest BCUT2D eigenvalue weighted by Gasteiger charge is 2.29. The summed E-state index contributed by atoms with van der Waals surface area (Å²) in [7, 11) is -2.37. The van der Waals surface area contributed by atoms with Gasteiger partial charge in [0.25, 0.3) is 0 Å². The van der Waals surface area contributed by atoms with E-state index >= 15 is 0 Å². The third kappa shape index (κ3) is 3.44. The summed E-state index contributed by atoms with van der Waals surface area (Å²) in [5.74, 6) is 0.725. The van der Waals surface area contributed by atoms with Crippen LogP contribution in [-0.4, -0.2) is 35.1 Å². The molecule has 0 aliphatic heterocycles. The van der Waals surface area contributed by atoms with E-state index in [1.807, 2.05) is 0 Å². The van der Waals surface area contributed by atoms with Crippen molar-refractivity contribution in [2.75, 3.05) is 7.05 Å². The molecule has 0 saturated heterocycles. The van der Waals surface area contributed by atoms with Crippen LogP contribution < -0.4 is 0 Å². The Morgan fingerprint density at radius 2 is 1.96 bits per heavy atom. The number of rotatable bonds is 5. The van der Waals surface area contributed by atoms with Crippen LogP contribution in [0.25, 0.3) is 11.4 Å². The van der Waals surface area contributed by atoms with Crippen molar-refractivity contribution >= 4 is 21.6 Å². The molecule has 0 N–H and O–H groups in total. The summed E-state index contributed by atoms with van der Waals surface area (Å²) in [5, 5.41) is 8.09. The van der Waals surface area contributed by atoms with E-state index in [0.717, 1.165) is 4.31 Å². The lowest BCUT2D eigenvalue weighted by Crippen LogP contribution is -2.27. The number of hydrogen-bond donors (Lipinski definition) is 0. The third-order valence-electron chi connectivity index (χ3n) is 3.54. The summed E-state index contributed by atoms with van der Waals surface area (Å²) in [6.45, 7) is 3.03. The van der Waals surface area contributed by atoms with Crippen LogP contribution in [0.15, 0.2) is 38.2 Å². The Morgan fingerprint density at radius 3 is 2.60 bits per heavy atom. The van der Waals surface area contributed by atoms with Crippen LogP contribution in [0.1, 0.15) is 17.3 Å². The van der Waals surface area contributed by atoms with Gasteiger partial charge in [0.15, 0.2) is 5.76 Å². The standard InChI is InChI=1S/C15H15ClN4O4S/c1-9-14(10(2)23-18-9)25(21,22)20(3)8-13-17-15(19-24-13)11-5-4-6-12(16)7-11/h4-7H,8H2,1-3H3. The van der Waals surface area contributed by atoms with Gasteiger partial charge < -0.3 is 9.05 Å². The second-order valence-corrected chi connectivity index (χ2v) is 7.85. The number of aromatic nitrogens is 3. The van der Waals surface area contributed by atoms with E-state index < -0.39 is 10.0 Å². The largest absolute Gasteiger partial charge is 0.360 e. The van der Waals surface area contributed by atoms with Gasteiger partial charge in [-0.1, -0.05) is 34.0 Å². The Kier molecular flexibility index (Phi) is 4.63. The molecular formula is C15H15ClN4O4S. The maximum atomic E-state index is 12.7. The number of aryl methyl sites for hydroxylation is 2. The van der Waals surface area contributed by atoms with Gasteiger partial charge in [-0.05, 0) is 26.0 Å². The summed E-state index contributed by atoms with van der Waals surface area (Å²) in [6.07, 6.45) is 0. The molecule has 132 valence electrons. The second kappa shape index (κ2) is 6.58. The molecule has 3 rings (SSSR count). The Labute approximate surface area is 149 Å². The minimum atomic E-state index is -3.79. The van der Waals surface area contributed by atoms with Crippen LogP contribution >= 0.6 is 11.6 Å². The Hall–Kier alpha value is -2.23. The predicted molar refractivity (Wildman–Crippen MR) is 89.4 cm³/mol. The molecule has 1 aromatic carbocycles. The molecule has 0 fully saturated rings.